The van der Waals surface area contributed by atoms with Crippen LogP contribution in [-0.2, 0) is 0 Å². The van der Waals surface area contributed by atoms with E-state index in [1.807, 2.05) is 0 Å². The van der Waals surface area contributed by atoms with Crippen molar-refractivity contribution in [3.63, 3.8) is 0 Å². The van der Waals surface area contributed by atoms with Crippen LogP contribution in [0.5, 0.6) is 0 Å². The molecule has 68 heavy (non-hydrogen) atoms. The summed E-state index contributed by atoms with van der Waals surface area (Å²) in [6.07, 6.45) is 6.45. The Morgan fingerprint density at radius 3 is 1.43 bits per heavy atom. The van der Waals surface area contributed by atoms with Crippen molar-refractivity contribution in [1.29, 1.82) is 0 Å². The summed E-state index contributed by atoms with van der Waals surface area (Å²) in [4.78, 5) is 18.9. The number of H-pyrrole nitrogens is 2. The number of rotatable bonds is 5. The van der Waals surface area contributed by atoms with Gasteiger partial charge >= 0.3 is 0 Å². The van der Waals surface area contributed by atoms with Crippen LogP contribution < -0.4 is 0 Å². The number of hydrogen-bond donors (Lipinski definition) is 2. The Balaban J connectivity index is 1.69. The third kappa shape index (κ3) is 8.38. The van der Waals surface area contributed by atoms with Gasteiger partial charge in [-0.1, -0.05) is 140 Å². The maximum absolute atomic E-state index is 5.84. The minimum absolute atomic E-state index is 0.186. The number of fused-ring (bicyclic) bond motifs is 8. The highest BCUT2D eigenvalue weighted by Crippen LogP contribution is 2.54. The van der Waals surface area contributed by atoms with Gasteiger partial charge in [-0.15, -0.1) is 0 Å². The van der Waals surface area contributed by atoms with E-state index in [2.05, 4.69) is 274 Å². The van der Waals surface area contributed by atoms with Crippen molar-refractivity contribution in [2.75, 3.05) is 0 Å². The van der Waals surface area contributed by atoms with Crippen molar-refractivity contribution in [3.05, 3.63) is 164 Å². The third-order valence-electron chi connectivity index (χ3n) is 13.5. The summed E-state index contributed by atoms with van der Waals surface area (Å²) in [5.74, 6) is 0. The Morgan fingerprint density at radius 2 is 0.882 bits per heavy atom. The Bertz CT molecular complexity index is 3600. The normalized spacial score (nSPS) is 12.5. The third-order valence-corrected chi connectivity index (χ3v) is 21.5. The van der Waals surface area contributed by atoms with Gasteiger partial charge in [0.1, 0.15) is 0 Å². The van der Waals surface area contributed by atoms with Crippen LogP contribution in [0, 0.1) is 76.2 Å². The number of aryl methyl sites for hydroxylation is 4. The molecule has 346 valence electrons. The van der Waals surface area contributed by atoms with Gasteiger partial charge in [0.2, 0.25) is 0 Å². The van der Waals surface area contributed by atoms with Crippen molar-refractivity contribution in [1.82, 2.24) is 19.9 Å². The molecule has 5 heterocycles. The van der Waals surface area contributed by atoms with Crippen LogP contribution in [-0.4, -0.2) is 19.9 Å². The molecule has 0 fully saturated rings. The van der Waals surface area contributed by atoms with E-state index in [-0.39, 0.29) is 3.74 Å². The molecule has 3 aromatic heterocycles. The summed E-state index contributed by atoms with van der Waals surface area (Å²) in [5.41, 5.74) is 29.5. The van der Waals surface area contributed by atoms with Gasteiger partial charge in [0.25, 0.3) is 0 Å². The summed E-state index contributed by atoms with van der Waals surface area (Å²) in [7, 11) is 0. The molecule has 9 rings (SSSR count). The Hall–Kier alpha value is -2.68. The fourth-order valence-corrected chi connectivity index (χ4v) is 14.9. The second-order valence-electron chi connectivity index (χ2n) is 18.1. The summed E-state index contributed by atoms with van der Waals surface area (Å²) < 4.78 is 6.09. The van der Waals surface area contributed by atoms with Crippen LogP contribution in [0.4, 0.5) is 0 Å². The second kappa shape index (κ2) is 19.1. The Kier molecular flexibility index (Phi) is 14.1. The molecule has 0 atom stereocenters. The van der Waals surface area contributed by atoms with Gasteiger partial charge in [-0.05, 0) is 214 Å². The van der Waals surface area contributed by atoms with Gasteiger partial charge in [-0.3, -0.25) is 0 Å². The average molecular weight is 1410 g/mol. The number of aromatic nitrogens is 4. The molecular formula is C56H46Br8N4. The lowest BCUT2D eigenvalue weighted by Crippen LogP contribution is -2.05. The minimum Gasteiger partial charge on any atom is -0.355 e. The molecule has 4 aromatic carbocycles. The highest BCUT2D eigenvalue weighted by atomic mass is 79.9. The van der Waals surface area contributed by atoms with Gasteiger partial charge in [0, 0.05) is 65.6 Å². The van der Waals surface area contributed by atoms with Crippen molar-refractivity contribution < 1.29 is 0 Å². The standard InChI is InChI=1S/C56H46Br8N4/c1-22-16-24(3)48(57)26(5)40(22)44-39-21-36-15-14-34(66-36)18-33-12-13-35(65-33)19-37-20-38(43-30(9)52(61)32(11)53(62)46(43)56(63)64)54(67-37)47(42-28(7)50(59)31(10)51(60)29(42)8)55(68-39)45(44)41-23(2)17-25(4)49(58)27(41)6/h12-21,56,65,68H,1-11H3. The molecule has 0 radical (unpaired) electrons. The molecular weight excluding hydrogens is 1370 g/mol. The topological polar surface area (TPSA) is 57.4 Å². The van der Waals surface area contributed by atoms with E-state index in [4.69, 9.17) is 9.97 Å². The molecule has 2 aliphatic rings. The zero-order valence-electron chi connectivity index (χ0n) is 39.3. The number of hydrogen-bond acceptors (Lipinski definition) is 2. The quantitative estimate of drug-likeness (QED) is 0.169. The first-order chi connectivity index (χ1) is 32.1. The molecule has 0 aliphatic carbocycles. The highest BCUT2D eigenvalue weighted by Gasteiger charge is 2.33. The van der Waals surface area contributed by atoms with E-state index in [0.717, 1.165) is 161 Å². The van der Waals surface area contributed by atoms with Gasteiger partial charge in [0.15, 0.2) is 0 Å². The lowest BCUT2D eigenvalue weighted by Gasteiger charge is -2.24. The van der Waals surface area contributed by atoms with Crippen LogP contribution in [0.2, 0.25) is 0 Å². The monoisotopic (exact) mass is 1410 g/mol. The number of benzene rings is 4. The summed E-state index contributed by atoms with van der Waals surface area (Å²) in [6, 6.07) is 15.3. The second-order valence-corrected chi connectivity index (χ2v) is 25.9. The summed E-state index contributed by atoms with van der Waals surface area (Å²) in [5, 5.41) is 0. The lowest BCUT2D eigenvalue weighted by atomic mass is 9.83. The van der Waals surface area contributed by atoms with Crippen molar-refractivity contribution in [2.24, 2.45) is 0 Å². The predicted octanol–water partition coefficient (Wildman–Crippen LogP) is 20.8. The highest BCUT2D eigenvalue weighted by molar-refractivity contribution is 9.24. The Labute approximate surface area is 465 Å². The van der Waals surface area contributed by atoms with Crippen LogP contribution >= 0.6 is 127 Å². The van der Waals surface area contributed by atoms with Crippen molar-refractivity contribution in [2.45, 2.75) is 79.9 Å². The van der Waals surface area contributed by atoms with Crippen molar-refractivity contribution >= 4 is 173 Å². The van der Waals surface area contributed by atoms with Crippen molar-refractivity contribution in [3.8, 4) is 33.4 Å². The number of nitrogens with zero attached hydrogens (tertiary/aromatic N) is 2. The Morgan fingerprint density at radius 1 is 0.412 bits per heavy atom. The molecule has 2 N–H and O–H groups in total. The van der Waals surface area contributed by atoms with Gasteiger partial charge in [-0.25, -0.2) is 9.97 Å². The number of aromatic amines is 2. The molecule has 0 spiro atoms. The molecule has 0 saturated heterocycles. The van der Waals surface area contributed by atoms with E-state index in [0.29, 0.717) is 0 Å². The van der Waals surface area contributed by atoms with E-state index in [1.165, 1.54) is 22.3 Å². The number of nitrogens with one attached hydrogen (secondary N) is 2. The largest absolute Gasteiger partial charge is 0.355 e. The van der Waals surface area contributed by atoms with Crippen LogP contribution in [0.15, 0.2) is 69.3 Å². The minimum atomic E-state index is -0.186. The first-order valence-electron chi connectivity index (χ1n) is 22.0. The average Bonchev–Trinajstić information content (AvgIpc) is 4.10. The number of alkyl halides is 2. The molecule has 7 aromatic rings. The number of halogens is 8. The molecule has 2 aliphatic heterocycles. The van der Waals surface area contributed by atoms with E-state index >= 15 is 0 Å². The van der Waals surface area contributed by atoms with E-state index in [9.17, 15) is 0 Å². The molecule has 0 saturated carbocycles. The van der Waals surface area contributed by atoms with Gasteiger partial charge < -0.3 is 9.97 Å². The van der Waals surface area contributed by atoms with Gasteiger partial charge in [0.05, 0.1) is 32.0 Å². The predicted molar refractivity (Wildman–Crippen MR) is 319 cm³/mol. The summed E-state index contributed by atoms with van der Waals surface area (Å²) in [6.45, 7) is 24.3. The lowest BCUT2D eigenvalue weighted by molar-refractivity contribution is 1.21. The molecule has 0 unspecified atom stereocenters. The van der Waals surface area contributed by atoms with Gasteiger partial charge in [-0.2, -0.15) is 0 Å². The zero-order valence-corrected chi connectivity index (χ0v) is 52.0. The SMILES string of the molecule is Cc1cc(C)c(-c2c(-c3c(C)cc(C)c(Br)c3C)c3[nH]c2cc2nc(cc4ccc(cc5nc(c3-c3c(C)c(Br)c(C)c(Br)c3C)C(c3c(C)c(Br)c(C)c(Br)c3C(Br)Br)=C5)[nH]4)C=C2)c(C)c1Br. The first-order valence-corrected chi connectivity index (χ1v) is 28.6. The summed E-state index contributed by atoms with van der Waals surface area (Å²) >= 11 is 32.5. The fourth-order valence-electron chi connectivity index (χ4n) is 10.4. The zero-order chi connectivity index (χ0) is 49.1. The van der Waals surface area contributed by atoms with Crippen LogP contribution in [0.25, 0.3) is 79.2 Å². The first kappa shape index (κ1) is 50.3. The molecule has 8 bridgehead atoms. The smallest absolute Gasteiger partial charge is 0.0963 e. The van der Waals surface area contributed by atoms with Crippen LogP contribution in [0.1, 0.15) is 98.8 Å². The maximum Gasteiger partial charge on any atom is 0.0963 e. The molecule has 4 nitrogen and oxygen atoms in total. The maximum atomic E-state index is 5.84. The van der Waals surface area contributed by atoms with Crippen LogP contribution in [0.3, 0.4) is 0 Å². The van der Waals surface area contributed by atoms with E-state index < -0.39 is 0 Å². The molecule has 0 amide bonds. The van der Waals surface area contributed by atoms with E-state index in [1.54, 1.807) is 0 Å². The fraction of sp³-hybridized carbons (Fsp3) is 0.214. The molecule has 12 heteroatoms.